The van der Waals surface area contributed by atoms with Crippen molar-refractivity contribution in [3.63, 3.8) is 0 Å². The highest BCUT2D eigenvalue weighted by Gasteiger charge is 2.22. The number of hydrogen-bond donors (Lipinski definition) is 1. The first-order chi connectivity index (χ1) is 9.45. The predicted molar refractivity (Wildman–Crippen MR) is 80.4 cm³/mol. The average Bonchev–Trinajstić information content (AvgIpc) is 2.45. The topological polar surface area (TPSA) is 54.4 Å². The van der Waals surface area contributed by atoms with E-state index in [-0.39, 0.29) is 10.8 Å². The lowest BCUT2D eigenvalue weighted by atomic mass is 9.90. The fraction of sp³-hybridized carbons (Fsp3) is 0.250. The standard InChI is InChI=1S/C16H18O3S/c1-3-12(2)16-14(13-8-5-4-6-9-13)10-7-11-15(16)20(17,18)19/h4-12H,3H2,1-2H3,(H,17,18,19). The zero-order valence-electron chi connectivity index (χ0n) is 11.6. The van der Waals surface area contributed by atoms with E-state index < -0.39 is 10.1 Å². The summed E-state index contributed by atoms with van der Waals surface area (Å²) < 4.78 is 32.7. The van der Waals surface area contributed by atoms with Gasteiger partial charge >= 0.3 is 0 Å². The quantitative estimate of drug-likeness (QED) is 0.862. The van der Waals surface area contributed by atoms with Crippen molar-refractivity contribution >= 4 is 10.1 Å². The Bertz CT molecular complexity index is 691. The highest BCUT2D eigenvalue weighted by atomic mass is 32.2. The van der Waals surface area contributed by atoms with Crippen LogP contribution in [-0.2, 0) is 10.1 Å². The van der Waals surface area contributed by atoms with E-state index in [1.807, 2.05) is 50.2 Å². The van der Waals surface area contributed by atoms with Crippen LogP contribution in [0.3, 0.4) is 0 Å². The van der Waals surface area contributed by atoms with Crippen LogP contribution in [0.25, 0.3) is 11.1 Å². The van der Waals surface area contributed by atoms with Gasteiger partial charge in [-0.3, -0.25) is 4.55 Å². The molecule has 106 valence electrons. The first-order valence-corrected chi connectivity index (χ1v) is 8.05. The maximum absolute atomic E-state index is 11.6. The van der Waals surface area contributed by atoms with Gasteiger partial charge in [-0.2, -0.15) is 8.42 Å². The van der Waals surface area contributed by atoms with Crippen molar-refractivity contribution in [3.05, 3.63) is 54.1 Å². The van der Waals surface area contributed by atoms with E-state index in [1.165, 1.54) is 6.07 Å². The molecule has 4 heteroatoms. The molecule has 1 N–H and O–H groups in total. The highest BCUT2D eigenvalue weighted by Crippen LogP contribution is 2.35. The summed E-state index contributed by atoms with van der Waals surface area (Å²) in [6.07, 6.45) is 0.798. The van der Waals surface area contributed by atoms with Crippen LogP contribution in [-0.4, -0.2) is 13.0 Å². The molecule has 2 aromatic rings. The van der Waals surface area contributed by atoms with E-state index in [0.717, 1.165) is 17.5 Å². The molecule has 0 heterocycles. The largest absolute Gasteiger partial charge is 0.294 e. The SMILES string of the molecule is CCC(C)c1c(-c2ccccc2)cccc1S(=O)(=O)O. The van der Waals surface area contributed by atoms with Gasteiger partial charge in [0.05, 0.1) is 4.90 Å². The summed E-state index contributed by atoms with van der Waals surface area (Å²) in [6.45, 7) is 3.97. The van der Waals surface area contributed by atoms with Gasteiger partial charge in [-0.25, -0.2) is 0 Å². The van der Waals surface area contributed by atoms with Crippen LogP contribution >= 0.6 is 0 Å². The molecule has 0 bridgehead atoms. The first kappa shape index (κ1) is 14.8. The zero-order valence-corrected chi connectivity index (χ0v) is 12.4. The van der Waals surface area contributed by atoms with E-state index >= 15 is 0 Å². The van der Waals surface area contributed by atoms with E-state index in [2.05, 4.69) is 0 Å². The van der Waals surface area contributed by atoms with Gasteiger partial charge in [-0.05, 0) is 35.1 Å². The summed E-state index contributed by atoms with van der Waals surface area (Å²) in [5, 5.41) is 0. The summed E-state index contributed by atoms with van der Waals surface area (Å²) in [6, 6.07) is 14.6. The van der Waals surface area contributed by atoms with Crippen LogP contribution in [0.1, 0.15) is 31.7 Å². The highest BCUT2D eigenvalue weighted by molar-refractivity contribution is 7.85. The molecule has 0 aromatic heterocycles. The van der Waals surface area contributed by atoms with Crippen LogP contribution in [0.4, 0.5) is 0 Å². The molecule has 0 radical (unpaired) electrons. The summed E-state index contributed by atoms with van der Waals surface area (Å²) in [5.74, 6) is 0.0448. The molecule has 0 saturated carbocycles. The number of rotatable bonds is 4. The molecule has 2 aromatic carbocycles. The molecule has 0 aliphatic heterocycles. The van der Waals surface area contributed by atoms with Gasteiger partial charge in [0.2, 0.25) is 0 Å². The monoisotopic (exact) mass is 290 g/mol. The molecule has 0 saturated heterocycles. The Balaban J connectivity index is 2.76. The second kappa shape index (κ2) is 5.77. The Kier molecular flexibility index (Phi) is 4.26. The Hall–Kier alpha value is -1.65. The Morgan fingerprint density at radius 3 is 2.25 bits per heavy atom. The Morgan fingerprint density at radius 1 is 1.05 bits per heavy atom. The Morgan fingerprint density at radius 2 is 1.70 bits per heavy atom. The normalized spacial score (nSPS) is 13.2. The molecular formula is C16H18O3S. The van der Waals surface area contributed by atoms with Crippen LogP contribution in [0, 0.1) is 0 Å². The minimum atomic E-state index is -4.22. The third-order valence-corrected chi connectivity index (χ3v) is 4.45. The predicted octanol–water partition coefficient (Wildman–Crippen LogP) is 4.11. The maximum atomic E-state index is 11.6. The van der Waals surface area contributed by atoms with Crippen LogP contribution in [0.5, 0.6) is 0 Å². The van der Waals surface area contributed by atoms with Crippen LogP contribution in [0.15, 0.2) is 53.4 Å². The van der Waals surface area contributed by atoms with Crippen LogP contribution in [0.2, 0.25) is 0 Å². The third kappa shape index (κ3) is 2.92. The fourth-order valence-electron chi connectivity index (χ4n) is 2.35. The molecule has 0 amide bonds. The van der Waals surface area contributed by atoms with Crippen molar-refractivity contribution < 1.29 is 13.0 Å². The second-order valence-corrected chi connectivity index (χ2v) is 6.26. The average molecular weight is 290 g/mol. The minimum Gasteiger partial charge on any atom is -0.282 e. The van der Waals surface area contributed by atoms with Crippen molar-refractivity contribution in [2.75, 3.05) is 0 Å². The molecule has 20 heavy (non-hydrogen) atoms. The summed E-state index contributed by atoms with van der Waals surface area (Å²) >= 11 is 0. The minimum absolute atomic E-state index is 0.00760. The van der Waals surface area contributed by atoms with Crippen molar-refractivity contribution in [2.45, 2.75) is 31.1 Å². The molecule has 0 aliphatic carbocycles. The van der Waals surface area contributed by atoms with Gasteiger partial charge in [0.25, 0.3) is 10.1 Å². The lowest BCUT2D eigenvalue weighted by Gasteiger charge is -2.18. The van der Waals surface area contributed by atoms with Crippen molar-refractivity contribution in [1.82, 2.24) is 0 Å². The van der Waals surface area contributed by atoms with Gasteiger partial charge in [0.15, 0.2) is 0 Å². The number of hydrogen-bond acceptors (Lipinski definition) is 2. The summed E-state index contributed by atoms with van der Waals surface area (Å²) in [5.41, 5.74) is 2.49. The molecule has 0 spiro atoms. The van der Waals surface area contributed by atoms with Crippen LogP contribution < -0.4 is 0 Å². The lowest BCUT2D eigenvalue weighted by molar-refractivity contribution is 0.481. The van der Waals surface area contributed by atoms with Crippen molar-refractivity contribution in [1.29, 1.82) is 0 Å². The molecule has 1 unspecified atom stereocenters. The van der Waals surface area contributed by atoms with Gasteiger partial charge in [-0.1, -0.05) is 56.3 Å². The lowest BCUT2D eigenvalue weighted by Crippen LogP contribution is -2.07. The fourth-order valence-corrected chi connectivity index (χ4v) is 3.19. The van der Waals surface area contributed by atoms with E-state index in [0.29, 0.717) is 5.56 Å². The molecule has 0 aliphatic rings. The smallest absolute Gasteiger partial charge is 0.282 e. The third-order valence-electron chi connectivity index (χ3n) is 3.53. The van der Waals surface area contributed by atoms with Gasteiger partial charge in [0, 0.05) is 0 Å². The molecule has 3 nitrogen and oxygen atoms in total. The molecular weight excluding hydrogens is 272 g/mol. The molecule has 0 fully saturated rings. The molecule has 2 rings (SSSR count). The number of benzene rings is 2. The Labute approximate surface area is 120 Å². The van der Waals surface area contributed by atoms with E-state index in [4.69, 9.17) is 0 Å². The van der Waals surface area contributed by atoms with E-state index in [9.17, 15) is 13.0 Å². The second-order valence-electron chi connectivity index (χ2n) is 4.87. The molecule has 1 atom stereocenters. The zero-order chi connectivity index (χ0) is 14.8. The van der Waals surface area contributed by atoms with E-state index in [1.54, 1.807) is 6.07 Å². The van der Waals surface area contributed by atoms with Gasteiger partial charge in [-0.15, -0.1) is 0 Å². The summed E-state index contributed by atoms with van der Waals surface area (Å²) in [7, 11) is -4.22. The van der Waals surface area contributed by atoms with Crippen molar-refractivity contribution in [2.24, 2.45) is 0 Å². The summed E-state index contributed by atoms with van der Waals surface area (Å²) in [4.78, 5) is 0.00760. The van der Waals surface area contributed by atoms with Gasteiger partial charge < -0.3 is 0 Å². The van der Waals surface area contributed by atoms with Gasteiger partial charge in [0.1, 0.15) is 0 Å². The maximum Gasteiger partial charge on any atom is 0.294 e. The first-order valence-electron chi connectivity index (χ1n) is 6.61. The van der Waals surface area contributed by atoms with Crippen molar-refractivity contribution in [3.8, 4) is 11.1 Å².